The predicted molar refractivity (Wildman–Crippen MR) is 65.8 cm³/mol. The van der Waals surface area contributed by atoms with Crippen molar-refractivity contribution in [1.82, 2.24) is 5.32 Å². The minimum atomic E-state index is -4.46. The molecule has 1 saturated heterocycles. The van der Waals surface area contributed by atoms with Crippen molar-refractivity contribution in [2.75, 3.05) is 18.8 Å². The van der Waals surface area contributed by atoms with E-state index in [1.54, 1.807) is 0 Å². The van der Waals surface area contributed by atoms with Crippen molar-refractivity contribution < 1.29 is 18.0 Å². The Labute approximate surface area is 109 Å². The summed E-state index contributed by atoms with van der Waals surface area (Å²) >= 11 is 0. The highest BCUT2D eigenvalue weighted by atomic mass is 19.4. The van der Waals surface area contributed by atoms with E-state index in [2.05, 4.69) is 5.32 Å². The molecule has 0 aromatic heterocycles. The molecular formula is C13H15F3N2O. The molecule has 1 aliphatic rings. The zero-order chi connectivity index (χ0) is 14.0. The summed E-state index contributed by atoms with van der Waals surface area (Å²) in [6.45, 7) is 1.41. The summed E-state index contributed by atoms with van der Waals surface area (Å²) in [6, 6.07) is 2.91. The van der Waals surface area contributed by atoms with E-state index in [9.17, 15) is 18.0 Å². The van der Waals surface area contributed by atoms with Crippen LogP contribution in [0.3, 0.4) is 0 Å². The van der Waals surface area contributed by atoms with Gasteiger partial charge in [0, 0.05) is 17.2 Å². The van der Waals surface area contributed by atoms with Crippen LogP contribution in [0.2, 0.25) is 0 Å². The van der Waals surface area contributed by atoms with Crippen molar-refractivity contribution in [3.05, 3.63) is 29.3 Å². The van der Waals surface area contributed by atoms with E-state index in [1.807, 2.05) is 0 Å². The van der Waals surface area contributed by atoms with Gasteiger partial charge in [-0.1, -0.05) is 0 Å². The Morgan fingerprint density at radius 1 is 1.26 bits per heavy atom. The normalized spacial score (nSPS) is 17.4. The number of nitrogen functional groups attached to an aromatic ring is 1. The topological polar surface area (TPSA) is 55.1 Å². The van der Waals surface area contributed by atoms with E-state index < -0.39 is 11.7 Å². The number of benzene rings is 1. The molecule has 1 aliphatic heterocycles. The molecule has 0 amide bonds. The number of alkyl halides is 3. The lowest BCUT2D eigenvalue weighted by atomic mass is 9.88. The van der Waals surface area contributed by atoms with Crippen molar-refractivity contribution in [1.29, 1.82) is 0 Å². The maximum atomic E-state index is 12.6. The summed E-state index contributed by atoms with van der Waals surface area (Å²) in [5.41, 5.74) is 4.90. The van der Waals surface area contributed by atoms with Crippen LogP contribution in [0.4, 0.5) is 18.9 Å². The summed E-state index contributed by atoms with van der Waals surface area (Å²) in [6.07, 6.45) is -3.19. The fourth-order valence-corrected chi connectivity index (χ4v) is 2.25. The fraction of sp³-hybridized carbons (Fsp3) is 0.462. The second-order valence-corrected chi connectivity index (χ2v) is 4.69. The smallest absolute Gasteiger partial charge is 0.398 e. The SMILES string of the molecule is Nc1ccc(C(F)(F)F)cc1C(=O)C1CCNCC1. The van der Waals surface area contributed by atoms with Gasteiger partial charge < -0.3 is 11.1 Å². The first-order valence-electron chi connectivity index (χ1n) is 6.11. The highest BCUT2D eigenvalue weighted by molar-refractivity contribution is 6.02. The highest BCUT2D eigenvalue weighted by Crippen LogP contribution is 2.32. The van der Waals surface area contributed by atoms with E-state index in [0.29, 0.717) is 25.9 Å². The van der Waals surface area contributed by atoms with Crippen molar-refractivity contribution in [2.45, 2.75) is 19.0 Å². The van der Waals surface area contributed by atoms with Gasteiger partial charge in [-0.05, 0) is 44.1 Å². The quantitative estimate of drug-likeness (QED) is 0.642. The first-order valence-corrected chi connectivity index (χ1v) is 6.11. The fourth-order valence-electron chi connectivity index (χ4n) is 2.25. The number of carbonyl (C=O) groups excluding carboxylic acids is 1. The van der Waals surface area contributed by atoms with Gasteiger partial charge in [-0.2, -0.15) is 13.2 Å². The molecule has 0 saturated carbocycles. The van der Waals surface area contributed by atoms with Gasteiger partial charge in [0.25, 0.3) is 0 Å². The molecule has 1 aromatic rings. The third-order valence-electron chi connectivity index (χ3n) is 3.36. The number of Topliss-reactive ketones (excluding diaryl/α,β-unsaturated/α-hetero) is 1. The van der Waals surface area contributed by atoms with Gasteiger partial charge in [0.2, 0.25) is 0 Å². The maximum Gasteiger partial charge on any atom is 0.416 e. The molecule has 0 aliphatic carbocycles. The van der Waals surface area contributed by atoms with Gasteiger partial charge in [0.1, 0.15) is 0 Å². The molecule has 0 spiro atoms. The summed E-state index contributed by atoms with van der Waals surface area (Å²) in [5.74, 6) is -0.530. The average Bonchev–Trinajstić information content (AvgIpc) is 2.38. The van der Waals surface area contributed by atoms with Gasteiger partial charge in [0.15, 0.2) is 5.78 Å². The van der Waals surface area contributed by atoms with Gasteiger partial charge in [0.05, 0.1) is 5.56 Å². The average molecular weight is 272 g/mol. The number of carbonyl (C=O) groups is 1. The standard InChI is InChI=1S/C13H15F3N2O/c14-13(15,16)9-1-2-11(17)10(7-9)12(19)8-3-5-18-6-4-8/h1-2,7-8,18H,3-6,17H2. The first kappa shape index (κ1) is 13.9. The minimum Gasteiger partial charge on any atom is -0.398 e. The van der Waals surface area contributed by atoms with Crippen molar-refractivity contribution in [3.8, 4) is 0 Å². The molecule has 1 aromatic carbocycles. The number of anilines is 1. The molecule has 0 radical (unpaired) electrons. The number of hydrogen-bond donors (Lipinski definition) is 2. The summed E-state index contributed by atoms with van der Waals surface area (Å²) in [7, 11) is 0. The molecule has 1 heterocycles. The summed E-state index contributed by atoms with van der Waals surface area (Å²) in [5, 5.41) is 3.11. The molecule has 3 nitrogen and oxygen atoms in total. The van der Waals surface area contributed by atoms with Crippen LogP contribution in [-0.2, 0) is 6.18 Å². The Hall–Kier alpha value is -1.56. The van der Waals surface area contributed by atoms with E-state index >= 15 is 0 Å². The van der Waals surface area contributed by atoms with Crippen LogP contribution in [0.1, 0.15) is 28.8 Å². The number of halogens is 3. The number of piperidine rings is 1. The number of rotatable bonds is 2. The molecular weight excluding hydrogens is 257 g/mol. The second-order valence-electron chi connectivity index (χ2n) is 4.69. The Morgan fingerprint density at radius 3 is 2.47 bits per heavy atom. The van der Waals surface area contributed by atoms with E-state index in [4.69, 9.17) is 5.73 Å². The zero-order valence-corrected chi connectivity index (χ0v) is 10.3. The Morgan fingerprint density at radius 2 is 1.89 bits per heavy atom. The molecule has 1 fully saturated rings. The molecule has 6 heteroatoms. The van der Waals surface area contributed by atoms with Crippen molar-refractivity contribution in [2.24, 2.45) is 5.92 Å². The van der Waals surface area contributed by atoms with Crippen LogP contribution in [0, 0.1) is 5.92 Å². The number of nitrogens with one attached hydrogen (secondary N) is 1. The lowest BCUT2D eigenvalue weighted by Gasteiger charge is -2.22. The second kappa shape index (κ2) is 5.21. The van der Waals surface area contributed by atoms with Gasteiger partial charge in [-0.15, -0.1) is 0 Å². The number of hydrogen-bond acceptors (Lipinski definition) is 3. The monoisotopic (exact) mass is 272 g/mol. The predicted octanol–water partition coefficient (Wildman–Crippen LogP) is 2.47. The molecule has 2 rings (SSSR count). The molecule has 104 valence electrons. The third kappa shape index (κ3) is 3.07. The molecule has 0 atom stereocenters. The number of ketones is 1. The van der Waals surface area contributed by atoms with Crippen LogP contribution in [0.15, 0.2) is 18.2 Å². The van der Waals surface area contributed by atoms with Crippen LogP contribution < -0.4 is 11.1 Å². The van der Waals surface area contributed by atoms with Crippen molar-refractivity contribution in [3.63, 3.8) is 0 Å². The molecule has 3 N–H and O–H groups in total. The summed E-state index contributed by atoms with van der Waals surface area (Å²) < 4.78 is 37.9. The van der Waals surface area contributed by atoms with E-state index in [-0.39, 0.29) is 23.0 Å². The van der Waals surface area contributed by atoms with Crippen molar-refractivity contribution >= 4 is 11.5 Å². The zero-order valence-electron chi connectivity index (χ0n) is 10.3. The maximum absolute atomic E-state index is 12.6. The molecule has 19 heavy (non-hydrogen) atoms. The summed E-state index contributed by atoms with van der Waals surface area (Å²) in [4.78, 5) is 12.2. The first-order chi connectivity index (χ1) is 8.89. The van der Waals surface area contributed by atoms with Crippen LogP contribution >= 0.6 is 0 Å². The van der Waals surface area contributed by atoms with Gasteiger partial charge >= 0.3 is 6.18 Å². The largest absolute Gasteiger partial charge is 0.416 e. The molecule has 0 bridgehead atoms. The number of nitrogens with two attached hydrogens (primary N) is 1. The van der Waals surface area contributed by atoms with Gasteiger partial charge in [-0.3, -0.25) is 4.79 Å². The molecule has 0 unspecified atom stereocenters. The Kier molecular flexibility index (Phi) is 3.80. The Balaban J connectivity index is 2.30. The third-order valence-corrected chi connectivity index (χ3v) is 3.36. The highest BCUT2D eigenvalue weighted by Gasteiger charge is 2.32. The minimum absolute atomic E-state index is 0.0123. The van der Waals surface area contributed by atoms with Crippen LogP contribution in [0.5, 0.6) is 0 Å². The van der Waals surface area contributed by atoms with Crippen LogP contribution in [0.25, 0.3) is 0 Å². The van der Waals surface area contributed by atoms with Crippen LogP contribution in [-0.4, -0.2) is 18.9 Å². The van der Waals surface area contributed by atoms with E-state index in [1.165, 1.54) is 0 Å². The van der Waals surface area contributed by atoms with Gasteiger partial charge in [-0.25, -0.2) is 0 Å². The van der Waals surface area contributed by atoms with E-state index in [0.717, 1.165) is 18.2 Å². The lowest BCUT2D eigenvalue weighted by Crippen LogP contribution is -2.32. The lowest BCUT2D eigenvalue weighted by molar-refractivity contribution is -0.137. The Bertz CT molecular complexity index is 479.